The summed E-state index contributed by atoms with van der Waals surface area (Å²) in [5.41, 5.74) is 0.326. The van der Waals surface area contributed by atoms with Crippen LogP contribution in [0.2, 0.25) is 0 Å². The van der Waals surface area contributed by atoms with E-state index in [1.807, 2.05) is 0 Å². The molecule has 1 saturated heterocycles. The normalized spacial score (nSPS) is 56.7. The highest BCUT2D eigenvalue weighted by atomic mass is 16.6. The maximum Gasteiger partial charge on any atom is 0.0920 e. The molecule has 1 heterocycles. The first-order valence-electron chi connectivity index (χ1n) is 3.88. The molecule has 1 nitrogen and oxygen atoms in total. The lowest BCUT2D eigenvalue weighted by Crippen LogP contribution is -2.19. The van der Waals surface area contributed by atoms with Crippen molar-refractivity contribution in [2.75, 3.05) is 0 Å². The summed E-state index contributed by atoms with van der Waals surface area (Å²) in [7, 11) is 0. The van der Waals surface area contributed by atoms with Gasteiger partial charge in [-0.1, -0.05) is 6.92 Å². The molecule has 52 valence electrons. The van der Waals surface area contributed by atoms with Crippen LogP contribution < -0.4 is 0 Å². The molecule has 1 aliphatic carbocycles. The quantitative estimate of drug-likeness (QED) is 0.452. The Balaban J connectivity index is 2.01. The average molecular weight is 126 g/mol. The molecule has 0 aromatic rings. The summed E-state index contributed by atoms with van der Waals surface area (Å²) in [4.78, 5) is 0. The van der Waals surface area contributed by atoms with Crippen molar-refractivity contribution in [1.29, 1.82) is 0 Å². The molecule has 1 saturated carbocycles. The zero-order valence-corrected chi connectivity index (χ0v) is 6.18. The van der Waals surface area contributed by atoms with Gasteiger partial charge in [-0.2, -0.15) is 0 Å². The van der Waals surface area contributed by atoms with Gasteiger partial charge in [0.05, 0.1) is 11.7 Å². The van der Waals surface area contributed by atoms with Gasteiger partial charge in [-0.25, -0.2) is 0 Å². The van der Waals surface area contributed by atoms with Crippen LogP contribution in [-0.4, -0.2) is 11.7 Å². The van der Waals surface area contributed by atoms with Gasteiger partial charge in [0.25, 0.3) is 0 Å². The number of rotatable bonds is 0. The fraction of sp³-hybridized carbons (Fsp3) is 1.00. The van der Waals surface area contributed by atoms with Crippen molar-refractivity contribution >= 4 is 0 Å². The van der Waals surface area contributed by atoms with E-state index in [9.17, 15) is 0 Å². The molecular weight excluding hydrogens is 112 g/mol. The highest BCUT2D eigenvalue weighted by Gasteiger charge is 2.54. The number of fused-ring (bicyclic) bond motifs is 1. The molecule has 2 rings (SSSR count). The minimum atomic E-state index is 0.326. The Morgan fingerprint density at radius 2 is 2.33 bits per heavy atom. The number of epoxide rings is 1. The van der Waals surface area contributed by atoms with Crippen molar-refractivity contribution in [3.63, 3.8) is 0 Å². The fourth-order valence-electron chi connectivity index (χ4n) is 1.82. The van der Waals surface area contributed by atoms with Crippen molar-refractivity contribution in [3.05, 3.63) is 0 Å². The monoisotopic (exact) mass is 126 g/mol. The van der Waals surface area contributed by atoms with E-state index in [-0.39, 0.29) is 0 Å². The lowest BCUT2D eigenvalue weighted by molar-refractivity contribution is 0.302. The van der Waals surface area contributed by atoms with Crippen LogP contribution >= 0.6 is 0 Å². The number of ether oxygens (including phenoxy) is 1. The topological polar surface area (TPSA) is 12.5 Å². The zero-order valence-electron chi connectivity index (χ0n) is 6.18. The first-order valence-corrected chi connectivity index (χ1v) is 3.88. The molecule has 0 amide bonds. The Kier molecular flexibility index (Phi) is 0.963. The maximum atomic E-state index is 5.54. The largest absolute Gasteiger partial charge is 0.366 e. The first-order chi connectivity index (χ1) is 4.21. The third-order valence-corrected chi connectivity index (χ3v) is 2.79. The van der Waals surface area contributed by atoms with Crippen molar-refractivity contribution in [2.24, 2.45) is 5.92 Å². The number of hydrogen-bond acceptors (Lipinski definition) is 1. The summed E-state index contributed by atoms with van der Waals surface area (Å²) in [6, 6.07) is 0. The SMILES string of the molecule is CC1CCC2(C)OC2C1. The van der Waals surface area contributed by atoms with E-state index in [1.165, 1.54) is 19.3 Å². The average Bonchev–Trinajstić information content (AvgIpc) is 2.41. The van der Waals surface area contributed by atoms with Crippen LogP contribution in [0.25, 0.3) is 0 Å². The minimum Gasteiger partial charge on any atom is -0.366 e. The van der Waals surface area contributed by atoms with Crippen LogP contribution in [0.4, 0.5) is 0 Å². The summed E-state index contributed by atoms with van der Waals surface area (Å²) in [5, 5.41) is 0. The Labute approximate surface area is 56.4 Å². The van der Waals surface area contributed by atoms with E-state index < -0.39 is 0 Å². The molecule has 2 fully saturated rings. The third kappa shape index (κ3) is 0.787. The molecule has 0 aromatic carbocycles. The lowest BCUT2D eigenvalue weighted by atomic mass is 9.84. The Morgan fingerprint density at radius 1 is 1.56 bits per heavy atom. The number of hydrogen-bond donors (Lipinski definition) is 0. The first kappa shape index (κ1) is 5.72. The highest BCUT2D eigenvalue weighted by molar-refractivity contribution is 5.02. The predicted molar refractivity (Wildman–Crippen MR) is 36.3 cm³/mol. The summed E-state index contributed by atoms with van der Waals surface area (Å²) in [6.07, 6.45) is 4.59. The Bertz CT molecular complexity index is 133. The van der Waals surface area contributed by atoms with Crippen molar-refractivity contribution < 1.29 is 4.74 Å². The third-order valence-electron chi connectivity index (χ3n) is 2.79. The molecule has 3 atom stereocenters. The van der Waals surface area contributed by atoms with Crippen molar-refractivity contribution in [2.45, 2.75) is 44.8 Å². The molecule has 0 spiro atoms. The van der Waals surface area contributed by atoms with Gasteiger partial charge in [-0.05, 0) is 32.1 Å². The van der Waals surface area contributed by atoms with Crippen LogP contribution in [0.3, 0.4) is 0 Å². The zero-order chi connectivity index (χ0) is 6.48. The summed E-state index contributed by atoms with van der Waals surface area (Å²) in [5.74, 6) is 0.908. The molecule has 0 aromatic heterocycles. The molecule has 1 aliphatic heterocycles. The van der Waals surface area contributed by atoms with Gasteiger partial charge in [0.1, 0.15) is 0 Å². The van der Waals surface area contributed by atoms with Crippen molar-refractivity contribution in [1.82, 2.24) is 0 Å². The van der Waals surface area contributed by atoms with Gasteiger partial charge in [-0.15, -0.1) is 0 Å². The second-order valence-corrected chi connectivity index (χ2v) is 3.80. The standard InChI is InChI=1S/C8H14O/c1-6-3-4-8(2)7(5-6)9-8/h6-7H,3-5H2,1-2H3. The molecule has 1 heteroatoms. The second-order valence-electron chi connectivity index (χ2n) is 3.80. The van der Waals surface area contributed by atoms with E-state index in [0.29, 0.717) is 11.7 Å². The van der Waals surface area contributed by atoms with E-state index in [2.05, 4.69) is 13.8 Å². The van der Waals surface area contributed by atoms with E-state index in [1.54, 1.807) is 0 Å². The van der Waals surface area contributed by atoms with Crippen LogP contribution in [0.15, 0.2) is 0 Å². The minimum absolute atomic E-state index is 0.326. The van der Waals surface area contributed by atoms with E-state index in [0.717, 1.165) is 5.92 Å². The molecule has 9 heavy (non-hydrogen) atoms. The fourth-order valence-corrected chi connectivity index (χ4v) is 1.82. The van der Waals surface area contributed by atoms with Gasteiger partial charge in [0.15, 0.2) is 0 Å². The van der Waals surface area contributed by atoms with Crippen LogP contribution in [0.1, 0.15) is 33.1 Å². The van der Waals surface area contributed by atoms with Crippen LogP contribution in [0, 0.1) is 5.92 Å². The smallest absolute Gasteiger partial charge is 0.0920 e. The summed E-state index contributed by atoms with van der Waals surface area (Å²) >= 11 is 0. The predicted octanol–water partition coefficient (Wildman–Crippen LogP) is 1.96. The molecule has 2 aliphatic rings. The maximum absolute atomic E-state index is 5.54. The van der Waals surface area contributed by atoms with Crippen molar-refractivity contribution in [3.8, 4) is 0 Å². The molecule has 0 radical (unpaired) electrons. The second kappa shape index (κ2) is 1.51. The molecule has 0 bridgehead atoms. The lowest BCUT2D eigenvalue weighted by Gasteiger charge is -2.17. The van der Waals surface area contributed by atoms with Crippen LogP contribution in [-0.2, 0) is 4.74 Å². The summed E-state index contributed by atoms with van der Waals surface area (Å²) < 4.78 is 5.54. The molecular formula is C8H14O. The summed E-state index contributed by atoms with van der Waals surface area (Å²) in [6.45, 7) is 4.56. The Morgan fingerprint density at radius 3 is 2.89 bits per heavy atom. The molecule has 3 unspecified atom stereocenters. The van der Waals surface area contributed by atoms with Gasteiger partial charge < -0.3 is 4.74 Å². The highest BCUT2D eigenvalue weighted by Crippen LogP contribution is 2.48. The molecule has 0 N–H and O–H groups in total. The van der Waals surface area contributed by atoms with Gasteiger partial charge in [0.2, 0.25) is 0 Å². The van der Waals surface area contributed by atoms with Crippen LogP contribution in [0.5, 0.6) is 0 Å². The van der Waals surface area contributed by atoms with Gasteiger partial charge in [0, 0.05) is 0 Å². The van der Waals surface area contributed by atoms with E-state index >= 15 is 0 Å². The van der Waals surface area contributed by atoms with Gasteiger partial charge >= 0.3 is 0 Å². The Hall–Kier alpha value is -0.0400. The van der Waals surface area contributed by atoms with Gasteiger partial charge in [-0.3, -0.25) is 0 Å². The van der Waals surface area contributed by atoms with E-state index in [4.69, 9.17) is 4.74 Å².